The predicted octanol–water partition coefficient (Wildman–Crippen LogP) is 3.19. The summed E-state index contributed by atoms with van der Waals surface area (Å²) >= 11 is 0. The van der Waals surface area contributed by atoms with Crippen LogP contribution in [0.4, 0.5) is 0 Å². The lowest BCUT2D eigenvalue weighted by molar-refractivity contribution is 0.277. The average molecular weight is 189 g/mol. The van der Waals surface area contributed by atoms with Crippen LogP contribution in [-0.2, 0) is 13.1 Å². The molecule has 1 aromatic rings. The number of rotatable bonds is 4. The Morgan fingerprint density at radius 2 is 1.71 bits per heavy atom. The molecule has 0 unspecified atom stereocenters. The highest BCUT2D eigenvalue weighted by Crippen LogP contribution is 2.22. The van der Waals surface area contributed by atoms with Crippen molar-refractivity contribution >= 4 is 0 Å². The SMILES string of the molecule is CCCCCN1Cc2ccccc2C1. The summed E-state index contributed by atoms with van der Waals surface area (Å²) in [6, 6.07) is 8.81. The van der Waals surface area contributed by atoms with Gasteiger partial charge in [-0.3, -0.25) is 4.90 Å². The van der Waals surface area contributed by atoms with Crippen molar-refractivity contribution in [3.63, 3.8) is 0 Å². The molecule has 0 N–H and O–H groups in total. The topological polar surface area (TPSA) is 3.24 Å². The molecular formula is C13H19N. The van der Waals surface area contributed by atoms with Crippen molar-refractivity contribution in [3.05, 3.63) is 35.4 Å². The number of hydrogen-bond acceptors (Lipinski definition) is 1. The second kappa shape index (κ2) is 4.61. The normalized spacial score (nSPS) is 15.8. The van der Waals surface area contributed by atoms with Gasteiger partial charge in [0, 0.05) is 13.1 Å². The molecular weight excluding hydrogens is 170 g/mol. The van der Waals surface area contributed by atoms with E-state index in [-0.39, 0.29) is 0 Å². The summed E-state index contributed by atoms with van der Waals surface area (Å²) in [5.74, 6) is 0. The van der Waals surface area contributed by atoms with Gasteiger partial charge in [0.05, 0.1) is 0 Å². The molecule has 1 aliphatic heterocycles. The van der Waals surface area contributed by atoms with Crippen LogP contribution in [0.15, 0.2) is 24.3 Å². The van der Waals surface area contributed by atoms with E-state index in [9.17, 15) is 0 Å². The van der Waals surface area contributed by atoms with Crippen molar-refractivity contribution in [3.8, 4) is 0 Å². The van der Waals surface area contributed by atoms with Crippen LogP contribution in [0.3, 0.4) is 0 Å². The van der Waals surface area contributed by atoms with E-state index in [1.54, 1.807) is 0 Å². The average Bonchev–Trinajstić information content (AvgIpc) is 2.60. The summed E-state index contributed by atoms with van der Waals surface area (Å²) in [7, 11) is 0. The van der Waals surface area contributed by atoms with Gasteiger partial charge in [0.15, 0.2) is 0 Å². The third-order valence-electron chi connectivity index (χ3n) is 2.98. The molecule has 1 aliphatic rings. The minimum atomic E-state index is 1.17. The van der Waals surface area contributed by atoms with Crippen LogP contribution in [0.25, 0.3) is 0 Å². The van der Waals surface area contributed by atoms with E-state index in [0.717, 1.165) is 0 Å². The molecule has 0 fully saturated rings. The standard InChI is InChI=1S/C13H19N/c1-2-3-6-9-14-10-12-7-4-5-8-13(12)11-14/h4-5,7-8H,2-3,6,9-11H2,1H3. The molecule has 1 heterocycles. The number of benzene rings is 1. The third kappa shape index (κ3) is 2.16. The monoisotopic (exact) mass is 189 g/mol. The van der Waals surface area contributed by atoms with E-state index in [2.05, 4.69) is 36.1 Å². The van der Waals surface area contributed by atoms with E-state index in [4.69, 9.17) is 0 Å². The van der Waals surface area contributed by atoms with Crippen LogP contribution in [-0.4, -0.2) is 11.4 Å². The van der Waals surface area contributed by atoms with Crippen molar-refractivity contribution in [1.82, 2.24) is 4.90 Å². The molecule has 0 bridgehead atoms. The summed E-state index contributed by atoms with van der Waals surface area (Å²) in [6.45, 7) is 5.86. The van der Waals surface area contributed by atoms with Gasteiger partial charge >= 0.3 is 0 Å². The molecule has 0 radical (unpaired) electrons. The van der Waals surface area contributed by atoms with E-state index >= 15 is 0 Å². The van der Waals surface area contributed by atoms with E-state index in [1.165, 1.54) is 50.0 Å². The van der Waals surface area contributed by atoms with Gasteiger partial charge in [0.2, 0.25) is 0 Å². The molecule has 1 aromatic carbocycles. The fourth-order valence-corrected chi connectivity index (χ4v) is 2.15. The number of fused-ring (bicyclic) bond motifs is 1. The van der Waals surface area contributed by atoms with Crippen molar-refractivity contribution in [1.29, 1.82) is 0 Å². The third-order valence-corrected chi connectivity index (χ3v) is 2.98. The summed E-state index contributed by atoms with van der Waals surface area (Å²) in [4.78, 5) is 2.56. The van der Waals surface area contributed by atoms with Gasteiger partial charge in [-0.1, -0.05) is 44.0 Å². The molecule has 76 valence electrons. The minimum Gasteiger partial charge on any atom is -0.295 e. The zero-order valence-corrected chi connectivity index (χ0v) is 9.00. The van der Waals surface area contributed by atoms with Crippen LogP contribution in [0.2, 0.25) is 0 Å². The maximum absolute atomic E-state index is 2.56. The molecule has 0 aliphatic carbocycles. The Kier molecular flexibility index (Phi) is 3.20. The van der Waals surface area contributed by atoms with E-state index in [0.29, 0.717) is 0 Å². The molecule has 0 spiro atoms. The highest BCUT2D eigenvalue weighted by atomic mass is 15.1. The first-order valence-corrected chi connectivity index (χ1v) is 5.69. The quantitative estimate of drug-likeness (QED) is 0.657. The zero-order chi connectivity index (χ0) is 9.80. The Morgan fingerprint density at radius 3 is 2.29 bits per heavy atom. The predicted molar refractivity (Wildman–Crippen MR) is 60.1 cm³/mol. The number of unbranched alkanes of at least 4 members (excludes halogenated alkanes) is 2. The zero-order valence-electron chi connectivity index (χ0n) is 9.00. The fraction of sp³-hybridized carbons (Fsp3) is 0.538. The summed E-state index contributed by atoms with van der Waals surface area (Å²) in [6.07, 6.45) is 4.04. The highest BCUT2D eigenvalue weighted by Gasteiger charge is 2.16. The summed E-state index contributed by atoms with van der Waals surface area (Å²) < 4.78 is 0. The molecule has 0 aromatic heterocycles. The van der Waals surface area contributed by atoms with Gasteiger partial charge in [-0.2, -0.15) is 0 Å². The van der Waals surface area contributed by atoms with Gasteiger partial charge < -0.3 is 0 Å². The Bertz CT molecular complexity index is 268. The van der Waals surface area contributed by atoms with Crippen LogP contribution in [0, 0.1) is 0 Å². The van der Waals surface area contributed by atoms with Crippen LogP contribution in [0.5, 0.6) is 0 Å². The van der Waals surface area contributed by atoms with Crippen LogP contribution in [0.1, 0.15) is 37.3 Å². The molecule has 0 amide bonds. The molecule has 0 atom stereocenters. The van der Waals surface area contributed by atoms with Crippen molar-refractivity contribution in [2.75, 3.05) is 6.54 Å². The lowest BCUT2D eigenvalue weighted by Crippen LogP contribution is -2.17. The Hall–Kier alpha value is -0.820. The molecule has 0 saturated heterocycles. The molecule has 0 saturated carbocycles. The Labute approximate surface area is 86.7 Å². The highest BCUT2D eigenvalue weighted by molar-refractivity contribution is 5.30. The van der Waals surface area contributed by atoms with Gasteiger partial charge in [-0.05, 0) is 24.1 Å². The second-order valence-electron chi connectivity index (χ2n) is 4.19. The minimum absolute atomic E-state index is 1.17. The Balaban J connectivity index is 1.86. The maximum atomic E-state index is 2.56. The van der Waals surface area contributed by atoms with Crippen LogP contribution >= 0.6 is 0 Å². The second-order valence-corrected chi connectivity index (χ2v) is 4.19. The molecule has 1 heteroatoms. The summed E-state index contributed by atoms with van der Waals surface area (Å²) in [5.41, 5.74) is 3.06. The van der Waals surface area contributed by atoms with Gasteiger partial charge in [-0.15, -0.1) is 0 Å². The summed E-state index contributed by atoms with van der Waals surface area (Å²) in [5, 5.41) is 0. The van der Waals surface area contributed by atoms with Crippen LogP contribution < -0.4 is 0 Å². The number of nitrogens with zero attached hydrogens (tertiary/aromatic N) is 1. The first-order chi connectivity index (χ1) is 6.90. The molecule has 2 rings (SSSR count). The van der Waals surface area contributed by atoms with Gasteiger partial charge in [0.25, 0.3) is 0 Å². The van der Waals surface area contributed by atoms with Crippen molar-refractivity contribution in [2.45, 2.75) is 39.3 Å². The van der Waals surface area contributed by atoms with Crippen molar-refractivity contribution in [2.24, 2.45) is 0 Å². The van der Waals surface area contributed by atoms with E-state index < -0.39 is 0 Å². The van der Waals surface area contributed by atoms with Crippen molar-refractivity contribution < 1.29 is 0 Å². The fourth-order valence-electron chi connectivity index (χ4n) is 2.15. The maximum Gasteiger partial charge on any atom is 0.0240 e. The molecule has 14 heavy (non-hydrogen) atoms. The van der Waals surface area contributed by atoms with Gasteiger partial charge in [0.1, 0.15) is 0 Å². The van der Waals surface area contributed by atoms with E-state index in [1.807, 2.05) is 0 Å². The largest absolute Gasteiger partial charge is 0.295 e. The lowest BCUT2D eigenvalue weighted by atomic mass is 10.1. The smallest absolute Gasteiger partial charge is 0.0240 e. The lowest BCUT2D eigenvalue weighted by Gasteiger charge is -2.13. The molecule has 1 nitrogen and oxygen atoms in total. The first kappa shape index (κ1) is 9.72. The Morgan fingerprint density at radius 1 is 1.07 bits per heavy atom. The van der Waals surface area contributed by atoms with Gasteiger partial charge in [-0.25, -0.2) is 0 Å². The first-order valence-electron chi connectivity index (χ1n) is 5.69. The number of hydrogen-bond donors (Lipinski definition) is 0.